The lowest BCUT2D eigenvalue weighted by Crippen LogP contribution is -2.18. The smallest absolute Gasteiger partial charge is 0.191 e. The molecule has 0 saturated heterocycles. The van der Waals surface area contributed by atoms with Gasteiger partial charge >= 0.3 is 0 Å². The lowest BCUT2D eigenvalue weighted by Gasteiger charge is -2.17. The Balaban J connectivity index is 3.07. The first-order chi connectivity index (χ1) is 6.94. The minimum absolute atomic E-state index is 0.000515. The van der Waals surface area contributed by atoms with Crippen LogP contribution in [-0.4, -0.2) is 25.8 Å². The predicted molar refractivity (Wildman–Crippen MR) is 60.2 cm³/mol. The zero-order valence-electron chi connectivity index (χ0n) is 8.93. The molecule has 0 aromatic carbocycles. The van der Waals surface area contributed by atoms with Crippen molar-refractivity contribution in [1.82, 2.24) is 9.97 Å². The highest BCUT2D eigenvalue weighted by molar-refractivity contribution is 8.00. The third kappa shape index (κ3) is 3.39. The van der Waals surface area contributed by atoms with Gasteiger partial charge in [0.15, 0.2) is 5.84 Å². The van der Waals surface area contributed by atoms with Crippen molar-refractivity contribution < 1.29 is 5.21 Å². The number of nitrogens with zero attached hydrogens (tertiary/aromatic N) is 3. The Labute approximate surface area is 92.8 Å². The van der Waals surface area contributed by atoms with Crippen LogP contribution in [0.5, 0.6) is 0 Å². The number of hydrogen-bond acceptors (Lipinski definition) is 5. The number of amidine groups is 1. The summed E-state index contributed by atoms with van der Waals surface area (Å²) in [6.07, 6.45) is 3.10. The normalized spacial score (nSPS) is 12.9. The van der Waals surface area contributed by atoms with E-state index in [4.69, 9.17) is 10.9 Å². The van der Waals surface area contributed by atoms with Crippen molar-refractivity contribution in [1.29, 1.82) is 0 Å². The molecule has 3 N–H and O–H groups in total. The highest BCUT2D eigenvalue weighted by atomic mass is 32.2. The van der Waals surface area contributed by atoms with E-state index >= 15 is 0 Å². The van der Waals surface area contributed by atoms with Crippen LogP contribution in [0, 0.1) is 0 Å². The van der Waals surface area contributed by atoms with Gasteiger partial charge in [-0.05, 0) is 0 Å². The predicted octanol–water partition coefficient (Wildman–Crippen LogP) is 1.46. The fraction of sp³-hybridized carbons (Fsp3) is 0.444. The Morgan fingerprint density at radius 2 is 2.00 bits per heavy atom. The van der Waals surface area contributed by atoms with Crippen LogP contribution in [-0.2, 0) is 0 Å². The molecule has 82 valence electrons. The van der Waals surface area contributed by atoms with Crippen LogP contribution in [0.1, 0.15) is 26.5 Å². The quantitative estimate of drug-likeness (QED) is 0.262. The first-order valence-corrected chi connectivity index (χ1v) is 5.23. The van der Waals surface area contributed by atoms with Crippen LogP contribution < -0.4 is 5.73 Å². The van der Waals surface area contributed by atoms with Crippen LogP contribution in [0.2, 0.25) is 0 Å². The van der Waals surface area contributed by atoms with Crippen LogP contribution >= 0.6 is 11.8 Å². The number of oxime groups is 1. The maximum atomic E-state index is 8.60. The first kappa shape index (κ1) is 11.8. The van der Waals surface area contributed by atoms with Crippen molar-refractivity contribution in [3.63, 3.8) is 0 Å². The Bertz CT molecular complexity index is 373. The maximum Gasteiger partial charge on any atom is 0.191 e. The van der Waals surface area contributed by atoms with Gasteiger partial charge in [-0.3, -0.25) is 0 Å². The van der Waals surface area contributed by atoms with E-state index in [2.05, 4.69) is 35.9 Å². The molecule has 0 atom stereocenters. The van der Waals surface area contributed by atoms with E-state index in [0.29, 0.717) is 10.7 Å². The molecule has 0 amide bonds. The van der Waals surface area contributed by atoms with Gasteiger partial charge in [-0.2, -0.15) is 0 Å². The summed E-state index contributed by atoms with van der Waals surface area (Å²) in [5.74, 6) is -0.0187. The summed E-state index contributed by atoms with van der Waals surface area (Å²) in [6.45, 7) is 6.17. The largest absolute Gasteiger partial charge is 0.409 e. The summed E-state index contributed by atoms with van der Waals surface area (Å²) in [7, 11) is 0. The van der Waals surface area contributed by atoms with Crippen LogP contribution in [0.3, 0.4) is 0 Å². The fourth-order valence-electron chi connectivity index (χ4n) is 0.913. The molecular formula is C9H14N4OS. The second kappa shape index (κ2) is 4.48. The third-order valence-corrected chi connectivity index (χ3v) is 2.52. The minimum Gasteiger partial charge on any atom is -0.409 e. The van der Waals surface area contributed by atoms with E-state index in [1.54, 1.807) is 6.20 Å². The van der Waals surface area contributed by atoms with Gasteiger partial charge in [-0.25, -0.2) is 9.97 Å². The molecule has 0 aliphatic rings. The number of rotatable bonds is 2. The lowest BCUT2D eigenvalue weighted by atomic mass is 10.3. The standard InChI is InChI=1S/C9H14N4OS/c1-9(2,3)15-8-6(7(10)13-14)11-4-5-12-8/h4-5,14H,1-3H3,(H2,10,13). The van der Waals surface area contributed by atoms with Crippen molar-refractivity contribution in [3.05, 3.63) is 18.1 Å². The summed E-state index contributed by atoms with van der Waals surface area (Å²) in [6, 6.07) is 0. The third-order valence-electron chi connectivity index (χ3n) is 1.42. The SMILES string of the molecule is CC(C)(C)Sc1nccnc1C(N)=NO. The highest BCUT2D eigenvalue weighted by Gasteiger charge is 2.18. The summed E-state index contributed by atoms with van der Waals surface area (Å²) in [5.41, 5.74) is 5.91. The van der Waals surface area contributed by atoms with E-state index in [1.165, 1.54) is 18.0 Å². The van der Waals surface area contributed by atoms with Crippen LogP contribution in [0.25, 0.3) is 0 Å². The van der Waals surface area contributed by atoms with Gasteiger partial charge in [0, 0.05) is 17.1 Å². The van der Waals surface area contributed by atoms with Crippen LogP contribution in [0.15, 0.2) is 22.6 Å². The van der Waals surface area contributed by atoms with Gasteiger partial charge in [-0.15, -0.1) is 0 Å². The number of thioether (sulfide) groups is 1. The molecule has 5 nitrogen and oxygen atoms in total. The number of nitrogens with two attached hydrogens (primary N) is 1. The molecule has 15 heavy (non-hydrogen) atoms. The second-order valence-corrected chi connectivity index (χ2v) is 5.73. The monoisotopic (exact) mass is 226 g/mol. The molecule has 1 aromatic heterocycles. The Morgan fingerprint density at radius 1 is 1.40 bits per heavy atom. The topological polar surface area (TPSA) is 84.4 Å². The van der Waals surface area contributed by atoms with Gasteiger partial charge in [0.1, 0.15) is 10.7 Å². The molecule has 0 aliphatic carbocycles. The molecule has 1 heterocycles. The Morgan fingerprint density at radius 3 is 2.53 bits per heavy atom. The molecule has 1 rings (SSSR count). The molecular weight excluding hydrogens is 212 g/mol. The van der Waals surface area contributed by atoms with Crippen molar-refractivity contribution in [2.24, 2.45) is 10.9 Å². The Kier molecular flexibility index (Phi) is 3.52. The van der Waals surface area contributed by atoms with E-state index < -0.39 is 0 Å². The molecule has 0 bridgehead atoms. The molecule has 0 unspecified atom stereocenters. The van der Waals surface area contributed by atoms with Gasteiger partial charge in [0.25, 0.3) is 0 Å². The average Bonchev–Trinajstić information content (AvgIpc) is 2.15. The zero-order chi connectivity index (χ0) is 11.5. The van der Waals surface area contributed by atoms with Crippen molar-refractivity contribution >= 4 is 17.6 Å². The Hall–Kier alpha value is -1.30. The minimum atomic E-state index is -0.0187. The van der Waals surface area contributed by atoms with Crippen molar-refractivity contribution in [2.45, 2.75) is 30.5 Å². The van der Waals surface area contributed by atoms with E-state index in [-0.39, 0.29) is 10.6 Å². The van der Waals surface area contributed by atoms with E-state index in [0.717, 1.165) is 0 Å². The van der Waals surface area contributed by atoms with Gasteiger partial charge in [0.05, 0.1) is 0 Å². The van der Waals surface area contributed by atoms with Gasteiger partial charge in [0.2, 0.25) is 0 Å². The molecule has 0 aliphatic heterocycles. The summed E-state index contributed by atoms with van der Waals surface area (Å²) in [4.78, 5) is 8.20. The van der Waals surface area contributed by atoms with Crippen molar-refractivity contribution in [3.8, 4) is 0 Å². The molecule has 0 spiro atoms. The number of hydrogen-bond donors (Lipinski definition) is 2. The zero-order valence-corrected chi connectivity index (χ0v) is 9.75. The van der Waals surface area contributed by atoms with Gasteiger partial charge in [-0.1, -0.05) is 37.7 Å². The summed E-state index contributed by atoms with van der Waals surface area (Å²) < 4.78 is 0.000515. The molecule has 1 aromatic rings. The molecule has 6 heteroatoms. The van der Waals surface area contributed by atoms with E-state index in [9.17, 15) is 0 Å². The highest BCUT2D eigenvalue weighted by Crippen LogP contribution is 2.31. The van der Waals surface area contributed by atoms with Crippen molar-refractivity contribution in [2.75, 3.05) is 0 Å². The average molecular weight is 226 g/mol. The molecule has 0 saturated carbocycles. The fourth-order valence-corrected chi connectivity index (χ4v) is 1.86. The summed E-state index contributed by atoms with van der Waals surface area (Å²) >= 11 is 1.53. The second-order valence-electron chi connectivity index (χ2n) is 3.91. The first-order valence-electron chi connectivity index (χ1n) is 4.42. The van der Waals surface area contributed by atoms with Crippen LogP contribution in [0.4, 0.5) is 0 Å². The van der Waals surface area contributed by atoms with E-state index in [1.807, 2.05) is 0 Å². The molecule has 0 fully saturated rings. The van der Waals surface area contributed by atoms with Gasteiger partial charge < -0.3 is 10.9 Å². The lowest BCUT2D eigenvalue weighted by molar-refractivity contribution is 0.318. The number of aromatic nitrogens is 2. The summed E-state index contributed by atoms with van der Waals surface area (Å²) in [5, 5.41) is 12.2. The maximum absolute atomic E-state index is 8.60. The molecule has 0 radical (unpaired) electrons.